The molecular formula is C19H19FN6O5. The van der Waals surface area contributed by atoms with Crippen LogP contribution in [0.3, 0.4) is 0 Å². The first kappa shape index (κ1) is 20.4. The van der Waals surface area contributed by atoms with E-state index in [1.807, 2.05) is 0 Å². The van der Waals surface area contributed by atoms with Gasteiger partial charge in [0.2, 0.25) is 11.7 Å². The van der Waals surface area contributed by atoms with E-state index in [2.05, 4.69) is 20.6 Å². The molecule has 1 aliphatic rings. The van der Waals surface area contributed by atoms with Gasteiger partial charge >= 0.3 is 5.97 Å². The minimum atomic E-state index is -1.38. The summed E-state index contributed by atoms with van der Waals surface area (Å²) in [6, 6.07) is 3.83. The number of aliphatic carboxylic acids is 1. The first-order chi connectivity index (χ1) is 14.8. The summed E-state index contributed by atoms with van der Waals surface area (Å²) >= 11 is 0. The van der Waals surface area contributed by atoms with Gasteiger partial charge in [-0.25, -0.2) is 9.18 Å². The summed E-state index contributed by atoms with van der Waals surface area (Å²) in [5.41, 5.74) is 0.958. The highest BCUT2D eigenvalue weighted by Crippen LogP contribution is 2.28. The molecule has 1 amide bonds. The molecule has 2 atom stereocenters. The summed E-state index contributed by atoms with van der Waals surface area (Å²) in [6.07, 6.45) is -0.0863. The molecule has 11 nitrogen and oxygen atoms in total. The molecule has 0 unspecified atom stereocenters. The largest absolute Gasteiger partial charge is 0.485 e. The van der Waals surface area contributed by atoms with Crippen LogP contribution >= 0.6 is 0 Å². The van der Waals surface area contributed by atoms with Gasteiger partial charge in [0, 0.05) is 29.6 Å². The third-order valence-corrected chi connectivity index (χ3v) is 5.15. The van der Waals surface area contributed by atoms with E-state index >= 15 is 0 Å². The fourth-order valence-electron chi connectivity index (χ4n) is 3.70. The van der Waals surface area contributed by atoms with E-state index in [-0.39, 0.29) is 31.9 Å². The molecule has 2 N–H and O–H groups in total. The monoisotopic (exact) mass is 430 g/mol. The van der Waals surface area contributed by atoms with Crippen molar-refractivity contribution in [3.05, 3.63) is 35.8 Å². The number of tetrazole rings is 1. The van der Waals surface area contributed by atoms with Gasteiger partial charge < -0.3 is 19.3 Å². The van der Waals surface area contributed by atoms with Crippen LogP contribution in [-0.4, -0.2) is 71.6 Å². The summed E-state index contributed by atoms with van der Waals surface area (Å²) in [5, 5.41) is 23.3. The van der Waals surface area contributed by atoms with E-state index < -0.39 is 24.1 Å². The van der Waals surface area contributed by atoms with E-state index in [1.54, 1.807) is 22.8 Å². The summed E-state index contributed by atoms with van der Waals surface area (Å²) in [7, 11) is 0. The number of Topliss-reactive ketones (excluding diaryl/α,β-unsaturated/α-hetero) is 1. The Bertz CT molecular complexity index is 1140. The Kier molecular flexibility index (Phi) is 5.36. The number of likely N-dealkylation sites (tertiary alicyclic amines) is 1. The van der Waals surface area contributed by atoms with Crippen LogP contribution in [0.2, 0.25) is 0 Å². The second-order valence-electron chi connectivity index (χ2n) is 7.26. The number of carboxylic acids is 1. The molecule has 3 aromatic rings. The standard InChI is InChI=1S/C19H19FN6O5/c1-10(27)14-7-25(8-18(28)26-6-11(20)4-16(26)19(29)30)15-5-12(2-3-13(14)15)31-9-17-21-23-24-22-17/h2-3,5,7,11,16H,4,6,8-9H2,1H3,(H,29,30)(H,21,22,23,24)/t11-,16+/m1/s1. The molecule has 0 aliphatic carbocycles. The third kappa shape index (κ3) is 4.09. The topological polar surface area (TPSA) is 143 Å². The van der Waals surface area contributed by atoms with Crippen LogP contribution in [0.25, 0.3) is 10.9 Å². The number of carbonyl (C=O) groups is 3. The van der Waals surface area contributed by atoms with Crippen molar-refractivity contribution in [2.75, 3.05) is 6.54 Å². The molecule has 1 aromatic carbocycles. The van der Waals surface area contributed by atoms with Crippen LogP contribution in [0.5, 0.6) is 5.75 Å². The van der Waals surface area contributed by atoms with Gasteiger partial charge in [-0.3, -0.25) is 9.59 Å². The number of nitrogens with one attached hydrogen (secondary N) is 1. The average molecular weight is 430 g/mol. The summed E-state index contributed by atoms with van der Waals surface area (Å²) in [6.45, 7) is 0.964. The normalized spacial score (nSPS) is 18.5. The molecule has 1 aliphatic heterocycles. The van der Waals surface area contributed by atoms with Crippen LogP contribution in [0, 0.1) is 0 Å². The van der Waals surface area contributed by atoms with Gasteiger partial charge in [-0.1, -0.05) is 5.21 Å². The lowest BCUT2D eigenvalue weighted by molar-refractivity contribution is -0.148. The number of aromatic nitrogens is 5. The summed E-state index contributed by atoms with van der Waals surface area (Å²) < 4.78 is 20.9. The lowest BCUT2D eigenvalue weighted by Gasteiger charge is -2.21. The van der Waals surface area contributed by atoms with Crippen molar-refractivity contribution in [2.24, 2.45) is 0 Å². The Labute approximate surface area is 174 Å². The number of hydrogen-bond donors (Lipinski definition) is 2. The van der Waals surface area contributed by atoms with Crippen molar-refractivity contribution in [1.82, 2.24) is 30.1 Å². The lowest BCUT2D eigenvalue weighted by Crippen LogP contribution is -2.42. The van der Waals surface area contributed by atoms with Crippen LogP contribution in [0.15, 0.2) is 24.4 Å². The van der Waals surface area contributed by atoms with Gasteiger partial charge in [0.1, 0.15) is 24.5 Å². The molecule has 1 fully saturated rings. The van der Waals surface area contributed by atoms with Gasteiger partial charge in [-0.05, 0) is 19.1 Å². The number of ether oxygens (including phenoxy) is 1. The van der Waals surface area contributed by atoms with Crippen LogP contribution in [0.1, 0.15) is 29.5 Å². The maximum atomic E-state index is 13.8. The molecular weight excluding hydrogens is 411 g/mol. The third-order valence-electron chi connectivity index (χ3n) is 5.15. The maximum absolute atomic E-state index is 13.8. The van der Waals surface area contributed by atoms with Gasteiger partial charge in [0.25, 0.3) is 0 Å². The predicted octanol–water partition coefficient (Wildman–Crippen LogP) is 0.960. The highest BCUT2D eigenvalue weighted by atomic mass is 19.1. The number of ketones is 1. The number of fused-ring (bicyclic) bond motifs is 1. The Hall–Kier alpha value is -3.83. The zero-order chi connectivity index (χ0) is 22.1. The quantitative estimate of drug-likeness (QED) is 0.528. The predicted molar refractivity (Wildman–Crippen MR) is 103 cm³/mol. The number of amides is 1. The van der Waals surface area contributed by atoms with Gasteiger partial charge in [0.05, 0.1) is 12.1 Å². The SMILES string of the molecule is CC(=O)c1cn(CC(=O)N2C[C@H](F)C[C@H]2C(=O)O)c2cc(OCc3nn[nH]n3)ccc12. The number of aromatic amines is 1. The Morgan fingerprint density at radius 3 is 2.84 bits per heavy atom. The molecule has 2 aromatic heterocycles. The Morgan fingerprint density at radius 1 is 1.35 bits per heavy atom. The van der Waals surface area contributed by atoms with E-state index in [1.165, 1.54) is 13.1 Å². The van der Waals surface area contributed by atoms with Crippen molar-refractivity contribution in [2.45, 2.75) is 38.7 Å². The first-order valence-corrected chi connectivity index (χ1v) is 9.48. The zero-order valence-corrected chi connectivity index (χ0v) is 16.5. The van der Waals surface area contributed by atoms with E-state index in [0.29, 0.717) is 28.0 Å². The molecule has 1 saturated heterocycles. The summed E-state index contributed by atoms with van der Waals surface area (Å²) in [5.74, 6) is -1.17. The van der Waals surface area contributed by atoms with E-state index in [4.69, 9.17) is 4.74 Å². The van der Waals surface area contributed by atoms with Crippen molar-refractivity contribution in [3.63, 3.8) is 0 Å². The van der Waals surface area contributed by atoms with Crippen LogP contribution in [0.4, 0.5) is 4.39 Å². The fraction of sp³-hybridized carbons (Fsp3) is 0.368. The number of carboxylic acid groups (broad SMARTS) is 1. The average Bonchev–Trinajstić information content (AvgIpc) is 3.45. The highest BCUT2D eigenvalue weighted by molar-refractivity contribution is 6.07. The van der Waals surface area contributed by atoms with Crippen molar-refractivity contribution in [3.8, 4) is 5.75 Å². The van der Waals surface area contributed by atoms with Gasteiger partial charge in [-0.15, -0.1) is 10.2 Å². The molecule has 3 heterocycles. The molecule has 12 heteroatoms. The first-order valence-electron chi connectivity index (χ1n) is 9.48. The molecule has 162 valence electrons. The summed E-state index contributed by atoms with van der Waals surface area (Å²) in [4.78, 5) is 37.3. The minimum absolute atomic E-state index is 0.0627. The van der Waals surface area contributed by atoms with Crippen LogP contribution < -0.4 is 4.74 Å². The van der Waals surface area contributed by atoms with Crippen molar-refractivity contribution >= 4 is 28.6 Å². The second-order valence-corrected chi connectivity index (χ2v) is 7.26. The Balaban J connectivity index is 1.62. The van der Waals surface area contributed by atoms with Crippen LogP contribution in [-0.2, 0) is 22.7 Å². The number of alkyl halides is 1. The number of hydrogen-bond acceptors (Lipinski definition) is 7. The Morgan fingerprint density at radius 2 is 2.16 bits per heavy atom. The zero-order valence-electron chi connectivity index (χ0n) is 16.5. The number of halogens is 1. The number of benzene rings is 1. The van der Waals surface area contributed by atoms with Crippen molar-refractivity contribution < 1.29 is 28.6 Å². The number of rotatable bonds is 7. The number of carbonyl (C=O) groups excluding carboxylic acids is 2. The number of nitrogens with zero attached hydrogens (tertiary/aromatic N) is 5. The molecule has 0 saturated carbocycles. The smallest absolute Gasteiger partial charge is 0.326 e. The second kappa shape index (κ2) is 8.13. The molecule has 31 heavy (non-hydrogen) atoms. The maximum Gasteiger partial charge on any atom is 0.326 e. The molecule has 0 spiro atoms. The highest BCUT2D eigenvalue weighted by Gasteiger charge is 2.39. The molecule has 0 bridgehead atoms. The van der Waals surface area contributed by atoms with Gasteiger partial charge in [-0.2, -0.15) is 5.21 Å². The van der Waals surface area contributed by atoms with E-state index in [0.717, 1.165) is 4.90 Å². The molecule has 0 radical (unpaired) electrons. The minimum Gasteiger partial charge on any atom is -0.485 e. The fourth-order valence-corrected chi connectivity index (χ4v) is 3.70. The molecule has 4 rings (SSSR count). The number of H-pyrrole nitrogens is 1. The van der Waals surface area contributed by atoms with Crippen molar-refractivity contribution in [1.29, 1.82) is 0 Å². The van der Waals surface area contributed by atoms with E-state index in [9.17, 15) is 23.9 Å². The lowest BCUT2D eigenvalue weighted by atomic mass is 10.1. The van der Waals surface area contributed by atoms with Gasteiger partial charge in [0.15, 0.2) is 12.4 Å².